The number of benzene rings is 2. The fourth-order valence-electron chi connectivity index (χ4n) is 3.54. The fourth-order valence-corrected chi connectivity index (χ4v) is 4.27. The van der Waals surface area contributed by atoms with Crippen molar-refractivity contribution in [2.24, 2.45) is 0 Å². The molecule has 1 amide bonds. The lowest BCUT2D eigenvalue weighted by Gasteiger charge is -2.10. The van der Waals surface area contributed by atoms with Crippen molar-refractivity contribution in [3.8, 4) is 22.8 Å². The molecule has 0 unspecified atom stereocenters. The molecule has 0 spiro atoms. The molecule has 182 valence electrons. The Morgan fingerprint density at radius 2 is 1.83 bits per heavy atom. The molecule has 2 aromatic carbocycles. The summed E-state index contributed by atoms with van der Waals surface area (Å²) in [6, 6.07) is 15.3. The minimum atomic E-state index is -0.343. The molecule has 2 N–H and O–H groups in total. The topological polar surface area (TPSA) is 111 Å². The van der Waals surface area contributed by atoms with Gasteiger partial charge >= 0.3 is 0 Å². The molecule has 0 aliphatic rings. The van der Waals surface area contributed by atoms with Gasteiger partial charge < -0.3 is 14.8 Å². The highest BCUT2D eigenvalue weighted by Crippen LogP contribution is 2.27. The quantitative estimate of drug-likeness (QED) is 0.343. The Morgan fingerprint density at radius 3 is 2.51 bits per heavy atom. The summed E-state index contributed by atoms with van der Waals surface area (Å²) in [5, 5.41) is 14.5. The number of aromatic amines is 1. The maximum atomic E-state index is 12.5. The number of H-pyrrole nitrogens is 1. The van der Waals surface area contributed by atoms with Gasteiger partial charge in [-0.2, -0.15) is 5.10 Å². The summed E-state index contributed by atoms with van der Waals surface area (Å²) in [5.74, 6) is 1.59. The smallest absolute Gasteiger partial charge is 0.290 e. The van der Waals surface area contributed by atoms with Gasteiger partial charge in [-0.05, 0) is 35.2 Å². The molecule has 2 aromatic heterocycles. The maximum absolute atomic E-state index is 12.5. The third kappa shape index (κ3) is 5.48. The van der Waals surface area contributed by atoms with E-state index < -0.39 is 0 Å². The van der Waals surface area contributed by atoms with E-state index in [9.17, 15) is 9.59 Å². The highest BCUT2D eigenvalue weighted by molar-refractivity contribution is 7.99. The molecule has 0 saturated carbocycles. The first kappa shape index (κ1) is 24.3. The van der Waals surface area contributed by atoms with E-state index in [1.165, 1.54) is 21.8 Å². The normalized spacial score (nSPS) is 11.1. The summed E-state index contributed by atoms with van der Waals surface area (Å²) in [6.45, 7) is 4.61. The van der Waals surface area contributed by atoms with Crippen LogP contribution in [0.5, 0.6) is 11.5 Å². The molecule has 10 heteroatoms. The van der Waals surface area contributed by atoms with E-state index in [2.05, 4.69) is 46.6 Å². The van der Waals surface area contributed by atoms with E-state index in [1.54, 1.807) is 26.4 Å². The van der Waals surface area contributed by atoms with Gasteiger partial charge in [0.1, 0.15) is 5.52 Å². The second-order valence-electron chi connectivity index (χ2n) is 8.19. The van der Waals surface area contributed by atoms with E-state index in [0.717, 1.165) is 11.1 Å². The van der Waals surface area contributed by atoms with Gasteiger partial charge in [-0.3, -0.25) is 9.59 Å². The van der Waals surface area contributed by atoms with Gasteiger partial charge in [-0.25, -0.2) is 9.61 Å². The van der Waals surface area contributed by atoms with Gasteiger partial charge in [0.25, 0.3) is 5.56 Å². The van der Waals surface area contributed by atoms with Crippen molar-refractivity contribution < 1.29 is 14.3 Å². The van der Waals surface area contributed by atoms with E-state index >= 15 is 0 Å². The number of methoxy groups -OCH3 is 2. The van der Waals surface area contributed by atoms with Crippen molar-refractivity contribution in [3.05, 3.63) is 70.0 Å². The standard InChI is InChI=1S/C25H27N5O4S/c1-15(2)17-6-8-18(9-7-17)19-12-20-24(32)27-28-25(30(20)29-19)35-14-23(31)26-13-16-5-10-21(33-3)22(11-16)34-4/h5-12,15H,13-14H2,1-4H3,(H,26,31)(H,27,32). The first-order chi connectivity index (χ1) is 16.9. The van der Waals surface area contributed by atoms with Gasteiger partial charge in [-0.1, -0.05) is 55.9 Å². The molecule has 2 heterocycles. The van der Waals surface area contributed by atoms with Gasteiger partial charge in [-0.15, -0.1) is 5.10 Å². The van der Waals surface area contributed by atoms with Crippen LogP contribution in [-0.4, -0.2) is 45.7 Å². The monoisotopic (exact) mass is 493 g/mol. The highest BCUT2D eigenvalue weighted by atomic mass is 32.2. The second-order valence-corrected chi connectivity index (χ2v) is 9.14. The molecule has 9 nitrogen and oxygen atoms in total. The van der Waals surface area contributed by atoms with Crippen molar-refractivity contribution in [1.29, 1.82) is 0 Å². The van der Waals surface area contributed by atoms with Crippen LogP contribution in [0.1, 0.15) is 30.9 Å². The van der Waals surface area contributed by atoms with Crippen LogP contribution in [-0.2, 0) is 11.3 Å². The van der Waals surface area contributed by atoms with Gasteiger partial charge in [0.15, 0.2) is 11.5 Å². The maximum Gasteiger partial charge on any atom is 0.290 e. The van der Waals surface area contributed by atoms with Crippen LogP contribution in [0, 0.1) is 0 Å². The Bertz CT molecular complexity index is 1400. The Hall–Kier alpha value is -3.79. The zero-order valence-corrected chi connectivity index (χ0v) is 20.8. The molecule has 0 aliphatic carbocycles. The molecule has 0 fully saturated rings. The number of ether oxygens (including phenoxy) is 2. The Morgan fingerprint density at radius 1 is 1.09 bits per heavy atom. The minimum Gasteiger partial charge on any atom is -0.493 e. The summed E-state index contributed by atoms with van der Waals surface area (Å²) in [4.78, 5) is 24.8. The Kier molecular flexibility index (Phi) is 7.40. The molecular formula is C25H27N5O4S. The lowest BCUT2D eigenvalue weighted by molar-refractivity contribution is -0.118. The Balaban J connectivity index is 1.45. The van der Waals surface area contributed by atoms with Crippen LogP contribution >= 0.6 is 11.8 Å². The average Bonchev–Trinajstić information content (AvgIpc) is 3.33. The number of hydrogen-bond donors (Lipinski definition) is 2. The van der Waals surface area contributed by atoms with Crippen LogP contribution in [0.3, 0.4) is 0 Å². The number of carbonyl (C=O) groups is 1. The van der Waals surface area contributed by atoms with E-state index in [1.807, 2.05) is 24.3 Å². The van der Waals surface area contributed by atoms with Crippen LogP contribution in [0.15, 0.2) is 58.5 Å². The Labute approximate surface area is 206 Å². The lowest BCUT2D eigenvalue weighted by atomic mass is 10.0. The SMILES string of the molecule is COc1ccc(CNC(=O)CSc2n[nH]c(=O)c3cc(-c4ccc(C(C)C)cc4)nn23)cc1OC. The fraction of sp³-hybridized carbons (Fsp3) is 0.280. The van der Waals surface area contributed by atoms with E-state index in [-0.39, 0.29) is 17.2 Å². The molecule has 0 bridgehead atoms. The minimum absolute atomic E-state index is 0.111. The van der Waals surface area contributed by atoms with Crippen molar-refractivity contribution in [2.75, 3.05) is 20.0 Å². The van der Waals surface area contributed by atoms with Crippen molar-refractivity contribution in [3.63, 3.8) is 0 Å². The third-order valence-corrected chi connectivity index (χ3v) is 6.45. The van der Waals surface area contributed by atoms with Crippen LogP contribution < -0.4 is 20.3 Å². The first-order valence-corrected chi connectivity index (χ1v) is 12.1. The molecule has 4 aromatic rings. The van der Waals surface area contributed by atoms with Gasteiger partial charge in [0, 0.05) is 12.1 Å². The van der Waals surface area contributed by atoms with Crippen LogP contribution in [0.25, 0.3) is 16.8 Å². The van der Waals surface area contributed by atoms with Crippen molar-refractivity contribution in [2.45, 2.75) is 31.5 Å². The first-order valence-electron chi connectivity index (χ1n) is 11.1. The predicted molar refractivity (Wildman–Crippen MR) is 135 cm³/mol. The summed E-state index contributed by atoms with van der Waals surface area (Å²) in [5.41, 5.74) is 3.71. The summed E-state index contributed by atoms with van der Waals surface area (Å²) >= 11 is 1.19. The predicted octanol–water partition coefficient (Wildman–Crippen LogP) is 3.63. The number of nitrogens with zero attached hydrogens (tertiary/aromatic N) is 3. The third-order valence-electron chi connectivity index (χ3n) is 5.52. The van der Waals surface area contributed by atoms with Crippen LogP contribution in [0.4, 0.5) is 0 Å². The molecule has 35 heavy (non-hydrogen) atoms. The number of amides is 1. The number of carbonyl (C=O) groups excluding carboxylic acids is 1. The van der Waals surface area contributed by atoms with E-state index in [4.69, 9.17) is 9.47 Å². The second kappa shape index (κ2) is 10.6. The molecule has 0 atom stereocenters. The summed E-state index contributed by atoms with van der Waals surface area (Å²) in [6.07, 6.45) is 0. The number of fused-ring (bicyclic) bond motifs is 1. The van der Waals surface area contributed by atoms with Gasteiger partial charge in [0.2, 0.25) is 11.1 Å². The summed E-state index contributed by atoms with van der Waals surface area (Å²) < 4.78 is 12.0. The molecule has 4 rings (SSSR count). The molecule has 0 radical (unpaired) electrons. The number of rotatable bonds is 9. The number of hydrogen-bond acceptors (Lipinski definition) is 7. The number of aromatic nitrogens is 4. The molecular weight excluding hydrogens is 466 g/mol. The lowest BCUT2D eigenvalue weighted by Crippen LogP contribution is -2.25. The van der Waals surface area contributed by atoms with Gasteiger partial charge in [0.05, 0.1) is 25.7 Å². The van der Waals surface area contributed by atoms with Crippen LogP contribution in [0.2, 0.25) is 0 Å². The van der Waals surface area contributed by atoms with Crippen molar-refractivity contribution in [1.82, 2.24) is 25.1 Å². The number of thioether (sulfide) groups is 1. The molecule has 0 aliphatic heterocycles. The summed E-state index contributed by atoms with van der Waals surface area (Å²) in [7, 11) is 3.14. The largest absolute Gasteiger partial charge is 0.493 e. The zero-order valence-electron chi connectivity index (χ0n) is 20.0. The average molecular weight is 494 g/mol. The van der Waals surface area contributed by atoms with Crippen molar-refractivity contribution >= 4 is 23.2 Å². The molecule has 0 saturated heterocycles. The zero-order chi connectivity index (χ0) is 24.9. The number of nitrogens with one attached hydrogen (secondary N) is 2. The van der Waals surface area contributed by atoms with E-state index in [0.29, 0.717) is 40.3 Å². The highest BCUT2D eigenvalue weighted by Gasteiger charge is 2.14.